The van der Waals surface area contributed by atoms with E-state index in [0.717, 1.165) is 26.5 Å². The van der Waals surface area contributed by atoms with Crippen molar-refractivity contribution < 1.29 is 0 Å². The Kier molecular flexibility index (Phi) is 5.97. The predicted molar refractivity (Wildman–Crippen MR) is 91.8 cm³/mol. The quantitative estimate of drug-likeness (QED) is 0.700. The second-order valence-electron chi connectivity index (χ2n) is 4.52. The van der Waals surface area contributed by atoms with Gasteiger partial charge in [0, 0.05) is 25.3 Å². The topological polar surface area (TPSA) is 12.0 Å². The number of benzene rings is 2. The van der Waals surface area contributed by atoms with E-state index in [1.807, 2.05) is 18.2 Å². The van der Waals surface area contributed by atoms with Crippen molar-refractivity contribution in [2.75, 3.05) is 6.54 Å². The third-order valence-corrected chi connectivity index (χ3v) is 4.78. The van der Waals surface area contributed by atoms with Crippen LogP contribution in [0.2, 0.25) is 5.02 Å². The third-order valence-electron chi connectivity index (χ3n) is 2.98. The molecule has 0 aliphatic carbocycles. The lowest BCUT2D eigenvalue weighted by atomic mass is 10.1. The first-order valence-corrected chi connectivity index (χ1v) is 8.55. The van der Waals surface area contributed by atoms with Gasteiger partial charge in [-0.1, -0.05) is 58.3 Å². The van der Waals surface area contributed by atoms with Crippen molar-refractivity contribution in [2.24, 2.45) is 0 Å². The number of nitrogens with one attached hydrogen (secondary N) is 1. The van der Waals surface area contributed by atoms with Crippen LogP contribution in [0.3, 0.4) is 0 Å². The van der Waals surface area contributed by atoms with E-state index in [4.69, 9.17) is 11.6 Å². The zero-order valence-electron chi connectivity index (χ0n) is 11.5. The van der Waals surface area contributed by atoms with Crippen molar-refractivity contribution >= 4 is 39.3 Å². The zero-order chi connectivity index (χ0) is 14.5. The fourth-order valence-electron chi connectivity index (χ4n) is 2.01. The van der Waals surface area contributed by atoms with Crippen LogP contribution in [-0.4, -0.2) is 6.54 Å². The fourth-order valence-corrected chi connectivity index (χ4v) is 3.88. The van der Waals surface area contributed by atoms with Crippen LogP contribution in [0, 0.1) is 0 Å². The molecule has 1 nitrogen and oxygen atoms in total. The Balaban J connectivity index is 2.17. The summed E-state index contributed by atoms with van der Waals surface area (Å²) in [5.74, 6) is 0. The Labute approximate surface area is 138 Å². The van der Waals surface area contributed by atoms with E-state index >= 15 is 0 Å². The van der Waals surface area contributed by atoms with Crippen molar-refractivity contribution in [3.05, 3.63) is 57.5 Å². The zero-order valence-corrected chi connectivity index (χ0v) is 14.6. The number of hydrogen-bond acceptors (Lipinski definition) is 2. The molecule has 0 aromatic heterocycles. The van der Waals surface area contributed by atoms with Crippen LogP contribution in [0.5, 0.6) is 0 Å². The highest BCUT2D eigenvalue weighted by atomic mass is 79.9. The van der Waals surface area contributed by atoms with Gasteiger partial charge in [-0.3, -0.25) is 0 Å². The van der Waals surface area contributed by atoms with Gasteiger partial charge in [0.2, 0.25) is 0 Å². The Morgan fingerprint density at radius 2 is 1.95 bits per heavy atom. The number of rotatable bonds is 5. The van der Waals surface area contributed by atoms with Crippen molar-refractivity contribution in [2.45, 2.75) is 29.7 Å². The summed E-state index contributed by atoms with van der Waals surface area (Å²) in [6.07, 6.45) is 0. The van der Waals surface area contributed by atoms with Crippen molar-refractivity contribution in [3.63, 3.8) is 0 Å². The molecule has 0 aliphatic rings. The molecule has 0 radical (unpaired) electrons. The molecule has 20 heavy (non-hydrogen) atoms. The lowest BCUT2D eigenvalue weighted by Gasteiger charge is -2.15. The van der Waals surface area contributed by atoms with E-state index in [1.165, 1.54) is 4.90 Å². The second-order valence-corrected chi connectivity index (χ2v) is 6.99. The molecule has 2 aromatic carbocycles. The average molecular weight is 371 g/mol. The van der Waals surface area contributed by atoms with Gasteiger partial charge in [-0.2, -0.15) is 0 Å². The highest BCUT2D eigenvalue weighted by Crippen LogP contribution is 2.33. The van der Waals surface area contributed by atoms with Gasteiger partial charge >= 0.3 is 0 Å². The average Bonchev–Trinajstić information content (AvgIpc) is 2.39. The largest absolute Gasteiger partial charge is 0.310 e. The van der Waals surface area contributed by atoms with Gasteiger partial charge in [0.05, 0.1) is 0 Å². The molecule has 4 heteroatoms. The molecule has 0 heterocycles. The molecule has 0 amide bonds. The molecule has 1 unspecified atom stereocenters. The van der Waals surface area contributed by atoms with E-state index < -0.39 is 0 Å². The molecule has 0 spiro atoms. The summed E-state index contributed by atoms with van der Waals surface area (Å²) in [7, 11) is 0. The molecule has 2 rings (SSSR count). The van der Waals surface area contributed by atoms with E-state index in [9.17, 15) is 0 Å². The maximum atomic E-state index is 6.39. The summed E-state index contributed by atoms with van der Waals surface area (Å²) in [4.78, 5) is 2.35. The molecule has 1 atom stereocenters. The molecule has 0 saturated carbocycles. The minimum atomic E-state index is 0.275. The van der Waals surface area contributed by atoms with Crippen LogP contribution in [-0.2, 0) is 0 Å². The summed E-state index contributed by atoms with van der Waals surface area (Å²) >= 11 is 11.6. The number of hydrogen-bond donors (Lipinski definition) is 1. The Hall–Kier alpha value is -0.480. The molecular weight excluding hydrogens is 354 g/mol. The summed E-state index contributed by atoms with van der Waals surface area (Å²) in [5.41, 5.74) is 1.15. The number of halogens is 2. The molecule has 0 fully saturated rings. The highest BCUT2D eigenvalue weighted by molar-refractivity contribution is 9.10. The highest BCUT2D eigenvalue weighted by Gasteiger charge is 2.09. The van der Waals surface area contributed by atoms with Gasteiger partial charge in [-0.05, 0) is 49.4 Å². The fraction of sp³-hybridized carbons (Fsp3) is 0.250. The smallest absolute Gasteiger partial charge is 0.0464 e. The van der Waals surface area contributed by atoms with Gasteiger partial charge < -0.3 is 5.32 Å². The second kappa shape index (κ2) is 7.51. The van der Waals surface area contributed by atoms with E-state index in [1.54, 1.807) is 11.8 Å². The van der Waals surface area contributed by atoms with Crippen LogP contribution < -0.4 is 5.32 Å². The summed E-state index contributed by atoms with van der Waals surface area (Å²) < 4.78 is 1.09. The lowest BCUT2D eigenvalue weighted by molar-refractivity contribution is 0.598. The van der Waals surface area contributed by atoms with Gasteiger partial charge in [0.15, 0.2) is 0 Å². The van der Waals surface area contributed by atoms with Crippen LogP contribution in [0.15, 0.2) is 56.7 Å². The third kappa shape index (κ3) is 4.26. The van der Waals surface area contributed by atoms with Crippen molar-refractivity contribution in [3.8, 4) is 0 Å². The van der Waals surface area contributed by atoms with E-state index in [-0.39, 0.29) is 6.04 Å². The standard InChI is InChI=1S/C16H17BrClNS/c1-3-19-11(2)15-8-7-14(10-16(15)18)20-13-6-4-5-12(17)9-13/h4-11,19H,3H2,1-2H3. The van der Waals surface area contributed by atoms with E-state index in [2.05, 4.69) is 59.4 Å². The van der Waals surface area contributed by atoms with E-state index in [0.29, 0.717) is 0 Å². The normalized spacial score (nSPS) is 12.4. The summed E-state index contributed by atoms with van der Waals surface area (Å²) in [5, 5.41) is 4.20. The first kappa shape index (κ1) is 15.9. The SMILES string of the molecule is CCNC(C)c1ccc(Sc2cccc(Br)c2)cc1Cl. The van der Waals surface area contributed by atoms with Gasteiger partial charge in [0.25, 0.3) is 0 Å². The molecule has 0 saturated heterocycles. The van der Waals surface area contributed by atoms with Crippen LogP contribution in [0.1, 0.15) is 25.5 Å². The Bertz CT molecular complexity index is 588. The molecular formula is C16H17BrClNS. The van der Waals surface area contributed by atoms with Gasteiger partial charge in [0.1, 0.15) is 0 Å². The first-order chi connectivity index (χ1) is 9.60. The van der Waals surface area contributed by atoms with Crippen LogP contribution in [0.25, 0.3) is 0 Å². The Morgan fingerprint density at radius 1 is 1.20 bits per heavy atom. The monoisotopic (exact) mass is 369 g/mol. The molecule has 0 bridgehead atoms. The minimum Gasteiger partial charge on any atom is -0.310 e. The summed E-state index contributed by atoms with van der Waals surface area (Å²) in [6.45, 7) is 5.17. The summed E-state index contributed by atoms with van der Waals surface area (Å²) in [6, 6.07) is 14.8. The van der Waals surface area contributed by atoms with Crippen LogP contribution >= 0.6 is 39.3 Å². The van der Waals surface area contributed by atoms with Gasteiger partial charge in [-0.15, -0.1) is 0 Å². The molecule has 0 aliphatic heterocycles. The van der Waals surface area contributed by atoms with Crippen LogP contribution in [0.4, 0.5) is 0 Å². The predicted octanol–water partition coefficient (Wildman–Crippen LogP) is 5.92. The first-order valence-electron chi connectivity index (χ1n) is 6.56. The Morgan fingerprint density at radius 3 is 2.60 bits per heavy atom. The maximum absolute atomic E-state index is 6.39. The maximum Gasteiger partial charge on any atom is 0.0464 e. The van der Waals surface area contributed by atoms with Crippen molar-refractivity contribution in [1.82, 2.24) is 5.32 Å². The molecule has 2 aromatic rings. The minimum absolute atomic E-state index is 0.275. The van der Waals surface area contributed by atoms with Gasteiger partial charge in [-0.25, -0.2) is 0 Å². The molecule has 106 valence electrons. The molecule has 1 N–H and O–H groups in total. The van der Waals surface area contributed by atoms with Crippen molar-refractivity contribution in [1.29, 1.82) is 0 Å². The lowest BCUT2D eigenvalue weighted by Crippen LogP contribution is -2.17.